The van der Waals surface area contributed by atoms with Gasteiger partial charge in [-0.25, -0.2) is 0 Å². The van der Waals surface area contributed by atoms with Crippen molar-refractivity contribution in [2.45, 2.75) is 64.2 Å². The molecule has 1 aromatic heterocycles. The third kappa shape index (κ3) is 4.83. The molecule has 2 amide bonds. The Morgan fingerprint density at radius 3 is 2.79 bits per heavy atom. The lowest BCUT2D eigenvalue weighted by molar-refractivity contribution is -0.117. The van der Waals surface area contributed by atoms with Crippen LogP contribution in [0.3, 0.4) is 0 Å². The van der Waals surface area contributed by atoms with E-state index in [0.717, 1.165) is 22.7 Å². The molecule has 2 aromatic rings. The van der Waals surface area contributed by atoms with Crippen molar-refractivity contribution in [1.82, 2.24) is 10.2 Å². The molecule has 1 aromatic carbocycles. The highest BCUT2D eigenvalue weighted by molar-refractivity contribution is 7.15. The standard InChI is InChI=1S/C22H28N4O2S/c1-15-7-5-6-10-18(15)26-14-17(13-20(26)28)21-24-25-22(29-21)23-19(27)12-11-16-8-3-2-4-9-16/h5-7,10,16-17H,2-4,8-9,11-14H2,1H3,(H,23,25,27). The number of nitrogens with one attached hydrogen (secondary N) is 1. The largest absolute Gasteiger partial charge is 0.311 e. The highest BCUT2D eigenvalue weighted by Crippen LogP contribution is 2.35. The lowest BCUT2D eigenvalue weighted by Gasteiger charge is -2.20. The number of hydrogen-bond acceptors (Lipinski definition) is 5. The lowest BCUT2D eigenvalue weighted by atomic mass is 9.86. The molecule has 1 atom stereocenters. The molecule has 1 saturated heterocycles. The number of para-hydroxylation sites is 1. The van der Waals surface area contributed by atoms with E-state index < -0.39 is 0 Å². The van der Waals surface area contributed by atoms with Gasteiger partial charge in [-0.05, 0) is 30.9 Å². The van der Waals surface area contributed by atoms with Crippen molar-refractivity contribution < 1.29 is 9.59 Å². The average Bonchev–Trinajstić information content (AvgIpc) is 3.34. The van der Waals surface area contributed by atoms with Crippen LogP contribution in [0, 0.1) is 12.8 Å². The van der Waals surface area contributed by atoms with Crippen LogP contribution in [0.25, 0.3) is 0 Å². The SMILES string of the molecule is Cc1ccccc1N1CC(c2nnc(NC(=O)CCC3CCCCC3)s2)CC1=O. The van der Waals surface area contributed by atoms with Crippen molar-refractivity contribution >= 4 is 34.0 Å². The van der Waals surface area contributed by atoms with E-state index in [4.69, 9.17) is 0 Å². The smallest absolute Gasteiger partial charge is 0.227 e. The van der Waals surface area contributed by atoms with Gasteiger partial charge in [0.2, 0.25) is 16.9 Å². The van der Waals surface area contributed by atoms with Gasteiger partial charge in [-0.1, -0.05) is 61.6 Å². The van der Waals surface area contributed by atoms with Gasteiger partial charge in [0.1, 0.15) is 5.01 Å². The molecule has 1 N–H and O–H groups in total. The fraction of sp³-hybridized carbons (Fsp3) is 0.545. The number of amides is 2. The molecule has 1 aliphatic heterocycles. The third-order valence-corrected chi connectivity index (χ3v) is 7.07. The van der Waals surface area contributed by atoms with Crippen LogP contribution in [0.2, 0.25) is 0 Å². The van der Waals surface area contributed by atoms with Crippen LogP contribution in [0.5, 0.6) is 0 Å². The fourth-order valence-electron chi connectivity index (χ4n) is 4.41. The topological polar surface area (TPSA) is 75.2 Å². The Kier molecular flexibility index (Phi) is 6.23. The summed E-state index contributed by atoms with van der Waals surface area (Å²) in [7, 11) is 0. The van der Waals surface area contributed by atoms with Gasteiger partial charge in [0, 0.05) is 31.0 Å². The van der Waals surface area contributed by atoms with Crippen LogP contribution in [-0.2, 0) is 9.59 Å². The number of rotatable bonds is 6. The van der Waals surface area contributed by atoms with Crippen molar-refractivity contribution in [1.29, 1.82) is 0 Å². The Morgan fingerprint density at radius 2 is 2.00 bits per heavy atom. The van der Waals surface area contributed by atoms with Crippen molar-refractivity contribution in [3.05, 3.63) is 34.8 Å². The van der Waals surface area contributed by atoms with Gasteiger partial charge in [0.05, 0.1) is 0 Å². The van der Waals surface area contributed by atoms with Gasteiger partial charge in [-0.15, -0.1) is 10.2 Å². The number of aromatic nitrogens is 2. The van der Waals surface area contributed by atoms with Crippen molar-refractivity contribution in [3.8, 4) is 0 Å². The molecule has 1 unspecified atom stereocenters. The van der Waals surface area contributed by atoms with Crippen molar-refractivity contribution in [2.24, 2.45) is 5.92 Å². The Balaban J connectivity index is 1.32. The summed E-state index contributed by atoms with van der Waals surface area (Å²) in [6.45, 7) is 2.62. The fourth-order valence-corrected chi connectivity index (χ4v) is 5.27. The zero-order valence-electron chi connectivity index (χ0n) is 16.9. The normalized spacial score (nSPS) is 20.2. The molecule has 1 saturated carbocycles. The third-order valence-electron chi connectivity index (χ3n) is 6.07. The Hall–Kier alpha value is -2.28. The van der Waals surface area contributed by atoms with Crippen molar-refractivity contribution in [3.63, 3.8) is 0 Å². The van der Waals surface area contributed by atoms with Crippen LogP contribution in [0.4, 0.5) is 10.8 Å². The number of aryl methyl sites for hydroxylation is 1. The van der Waals surface area contributed by atoms with Crippen LogP contribution in [0.15, 0.2) is 24.3 Å². The van der Waals surface area contributed by atoms with E-state index in [1.165, 1.54) is 43.4 Å². The molecule has 1 aliphatic carbocycles. The summed E-state index contributed by atoms with van der Waals surface area (Å²) < 4.78 is 0. The van der Waals surface area contributed by atoms with E-state index in [0.29, 0.717) is 30.4 Å². The van der Waals surface area contributed by atoms with Gasteiger partial charge in [-0.3, -0.25) is 9.59 Å². The summed E-state index contributed by atoms with van der Waals surface area (Å²) in [4.78, 5) is 26.7. The van der Waals surface area contributed by atoms with Crippen LogP contribution >= 0.6 is 11.3 Å². The molecule has 4 rings (SSSR count). The second-order valence-electron chi connectivity index (χ2n) is 8.23. The minimum absolute atomic E-state index is 0.0160. The molecule has 2 heterocycles. The van der Waals surface area contributed by atoms with E-state index in [-0.39, 0.29) is 17.7 Å². The molecule has 2 aliphatic rings. The number of anilines is 2. The summed E-state index contributed by atoms with van der Waals surface area (Å²) in [5.41, 5.74) is 2.05. The van der Waals surface area contributed by atoms with E-state index in [1.807, 2.05) is 36.1 Å². The quantitative estimate of drug-likeness (QED) is 0.748. The maximum Gasteiger partial charge on any atom is 0.227 e. The summed E-state index contributed by atoms with van der Waals surface area (Å²) >= 11 is 1.39. The number of nitrogens with zero attached hydrogens (tertiary/aromatic N) is 3. The highest BCUT2D eigenvalue weighted by Gasteiger charge is 2.34. The van der Waals surface area contributed by atoms with Gasteiger partial charge in [0.25, 0.3) is 0 Å². The first-order valence-electron chi connectivity index (χ1n) is 10.6. The van der Waals surface area contributed by atoms with E-state index >= 15 is 0 Å². The molecule has 6 nitrogen and oxygen atoms in total. The van der Waals surface area contributed by atoms with Gasteiger partial charge in [-0.2, -0.15) is 0 Å². The van der Waals surface area contributed by atoms with E-state index in [2.05, 4.69) is 15.5 Å². The predicted octanol–water partition coefficient (Wildman–Crippen LogP) is 4.67. The summed E-state index contributed by atoms with van der Waals surface area (Å²) in [5, 5.41) is 12.7. The summed E-state index contributed by atoms with van der Waals surface area (Å²) in [6.07, 6.45) is 8.37. The zero-order valence-corrected chi connectivity index (χ0v) is 17.7. The first-order valence-corrected chi connectivity index (χ1v) is 11.4. The van der Waals surface area contributed by atoms with Crippen LogP contribution in [0.1, 0.15) is 67.9 Å². The lowest BCUT2D eigenvalue weighted by Crippen LogP contribution is -2.25. The summed E-state index contributed by atoms with van der Waals surface area (Å²) in [5.74, 6) is 0.837. The Labute approximate surface area is 175 Å². The minimum atomic E-state index is 0.0160. The highest BCUT2D eigenvalue weighted by atomic mass is 32.1. The number of carbonyl (C=O) groups is 2. The first-order chi connectivity index (χ1) is 14.1. The van der Waals surface area contributed by atoms with Crippen LogP contribution in [-0.4, -0.2) is 28.6 Å². The molecule has 154 valence electrons. The predicted molar refractivity (Wildman–Crippen MR) is 115 cm³/mol. The van der Waals surface area contributed by atoms with Gasteiger partial charge < -0.3 is 10.2 Å². The Bertz CT molecular complexity index is 875. The van der Waals surface area contributed by atoms with Gasteiger partial charge >= 0.3 is 0 Å². The summed E-state index contributed by atoms with van der Waals surface area (Å²) in [6, 6.07) is 7.93. The van der Waals surface area contributed by atoms with Gasteiger partial charge in [0.15, 0.2) is 0 Å². The molecule has 0 bridgehead atoms. The number of carbonyl (C=O) groups excluding carboxylic acids is 2. The van der Waals surface area contributed by atoms with E-state index in [9.17, 15) is 9.59 Å². The number of benzene rings is 1. The maximum absolute atomic E-state index is 12.5. The molecule has 2 fully saturated rings. The van der Waals surface area contributed by atoms with Crippen molar-refractivity contribution in [2.75, 3.05) is 16.8 Å². The number of hydrogen-bond donors (Lipinski definition) is 1. The second-order valence-corrected chi connectivity index (χ2v) is 9.24. The zero-order chi connectivity index (χ0) is 20.2. The molecule has 29 heavy (non-hydrogen) atoms. The van der Waals surface area contributed by atoms with E-state index in [1.54, 1.807) is 0 Å². The maximum atomic E-state index is 12.5. The minimum Gasteiger partial charge on any atom is -0.311 e. The molecular weight excluding hydrogens is 384 g/mol. The molecule has 7 heteroatoms. The first kappa shape index (κ1) is 20.0. The molecule has 0 spiro atoms. The second kappa shape index (κ2) is 9.03. The molecule has 0 radical (unpaired) electrons. The monoisotopic (exact) mass is 412 g/mol. The van der Waals surface area contributed by atoms with Crippen LogP contribution < -0.4 is 10.2 Å². The average molecular weight is 413 g/mol. The molecular formula is C22H28N4O2S. The Morgan fingerprint density at radius 1 is 1.21 bits per heavy atom.